The van der Waals surface area contributed by atoms with E-state index in [1.807, 2.05) is 0 Å². The van der Waals surface area contributed by atoms with E-state index in [1.54, 1.807) is 10.8 Å². The van der Waals surface area contributed by atoms with Crippen LogP contribution >= 0.6 is 0 Å². The maximum atomic E-state index is 2.66. The van der Waals surface area contributed by atoms with Crippen molar-refractivity contribution in [3.63, 3.8) is 0 Å². The van der Waals surface area contributed by atoms with Gasteiger partial charge in [0, 0.05) is 0 Å². The Morgan fingerprint density at radius 3 is 1.68 bits per heavy atom. The van der Waals surface area contributed by atoms with Gasteiger partial charge < -0.3 is 0 Å². The van der Waals surface area contributed by atoms with Crippen LogP contribution in [0, 0.1) is 10.8 Å². The fourth-order valence-electron chi connectivity index (χ4n) is 4.02. The van der Waals surface area contributed by atoms with E-state index < -0.39 is 16.1 Å². The molecule has 0 N–H and O–H groups in total. The molecule has 2 rings (SSSR count). The second-order valence-electron chi connectivity index (χ2n) is 11.8. The van der Waals surface area contributed by atoms with Crippen LogP contribution in [0.25, 0.3) is 0 Å². The summed E-state index contributed by atoms with van der Waals surface area (Å²) in [5.41, 5.74) is 4.95. The molecule has 2 aliphatic carbocycles. The Labute approximate surface area is 159 Å². The largest absolute Gasteiger partial charge is 0.0800 e. The fraction of sp³-hybridized carbons (Fsp3) is 0.652. The van der Waals surface area contributed by atoms with Crippen molar-refractivity contribution in [3.05, 3.63) is 46.7 Å². The maximum absolute atomic E-state index is 2.66. The van der Waals surface area contributed by atoms with Crippen molar-refractivity contribution in [2.45, 2.75) is 85.4 Å². The number of hydrogen-bond acceptors (Lipinski definition) is 0. The zero-order valence-corrected chi connectivity index (χ0v) is 20.5. The van der Waals surface area contributed by atoms with Gasteiger partial charge in [-0.25, -0.2) is 0 Å². The van der Waals surface area contributed by atoms with E-state index in [0.29, 0.717) is 11.1 Å². The van der Waals surface area contributed by atoms with Gasteiger partial charge in [-0.2, -0.15) is 0 Å². The van der Waals surface area contributed by atoms with E-state index in [4.69, 9.17) is 0 Å². The van der Waals surface area contributed by atoms with Gasteiger partial charge in [-0.1, -0.05) is 110 Å². The molecule has 2 aliphatic rings. The van der Waals surface area contributed by atoms with Crippen molar-refractivity contribution in [2.24, 2.45) is 10.8 Å². The summed E-state index contributed by atoms with van der Waals surface area (Å²) in [6.07, 6.45) is 12.8. The molecule has 0 nitrogen and oxygen atoms in total. The zero-order valence-electron chi connectivity index (χ0n) is 18.5. The minimum atomic E-state index is -1.52. The monoisotopic (exact) mass is 372 g/mol. The molecule has 0 aliphatic heterocycles. The molecule has 0 fully saturated rings. The molecular weight excluding hydrogens is 332 g/mol. The third kappa shape index (κ3) is 4.22. The lowest BCUT2D eigenvalue weighted by Gasteiger charge is -2.38. The van der Waals surface area contributed by atoms with E-state index >= 15 is 0 Å². The average Bonchev–Trinajstić information content (AvgIpc) is 3.04. The Bertz CT molecular complexity index is 650. The van der Waals surface area contributed by atoms with Crippen LogP contribution in [-0.4, -0.2) is 16.1 Å². The molecule has 0 bridgehead atoms. The minimum absolute atomic E-state index is 0.252. The van der Waals surface area contributed by atoms with Crippen LogP contribution in [0.2, 0.25) is 43.8 Å². The van der Waals surface area contributed by atoms with Crippen molar-refractivity contribution in [1.82, 2.24) is 0 Å². The minimum Gasteiger partial charge on any atom is -0.0800 e. The van der Waals surface area contributed by atoms with Crippen molar-refractivity contribution in [3.8, 4) is 0 Å². The van der Waals surface area contributed by atoms with Crippen molar-refractivity contribution >= 4 is 16.1 Å². The van der Waals surface area contributed by atoms with E-state index in [9.17, 15) is 0 Å². The third-order valence-electron chi connectivity index (χ3n) is 6.09. The lowest BCUT2D eigenvalue weighted by atomic mass is 9.87. The summed E-state index contributed by atoms with van der Waals surface area (Å²) in [5.74, 6) is 0. The van der Waals surface area contributed by atoms with Crippen molar-refractivity contribution in [1.29, 1.82) is 0 Å². The summed E-state index contributed by atoms with van der Waals surface area (Å²) in [5, 5.41) is 1.79. The molecule has 2 unspecified atom stereocenters. The maximum Gasteiger partial charge on any atom is 0.0728 e. The summed E-state index contributed by atoms with van der Waals surface area (Å²) in [4.78, 5) is 0. The standard InChI is InChI=1S/C23H40Si2/c1-22(2,3)17-12-13-19(14-17)25(10,11)21-16-18(23(4,5)6)15-20(21)24(7,8)9/h12-16,19,21H,1-11H3. The number of allylic oxidation sites excluding steroid dienone is 8. The van der Waals surface area contributed by atoms with Crippen LogP contribution in [0.3, 0.4) is 0 Å². The molecule has 0 saturated carbocycles. The Hall–Kier alpha value is -0.606. The molecule has 0 spiro atoms. The quantitative estimate of drug-likeness (QED) is 0.444. The van der Waals surface area contributed by atoms with Gasteiger partial charge >= 0.3 is 0 Å². The first-order valence-electron chi connectivity index (χ1n) is 9.89. The molecule has 140 valence electrons. The number of hydrogen-bond donors (Lipinski definition) is 0. The third-order valence-corrected chi connectivity index (χ3v) is 12.7. The highest BCUT2D eigenvalue weighted by molar-refractivity contribution is 6.90. The molecule has 2 atom stereocenters. The summed E-state index contributed by atoms with van der Waals surface area (Å²) < 4.78 is 0. The summed E-state index contributed by atoms with van der Waals surface area (Å²) in [6.45, 7) is 26.9. The van der Waals surface area contributed by atoms with Crippen LogP contribution in [0.1, 0.15) is 41.5 Å². The van der Waals surface area contributed by atoms with Crippen LogP contribution in [-0.2, 0) is 0 Å². The topological polar surface area (TPSA) is 0 Å². The van der Waals surface area contributed by atoms with Gasteiger partial charge in [0.1, 0.15) is 0 Å². The Kier molecular flexibility index (Phi) is 5.16. The normalized spacial score (nSPS) is 25.2. The molecule has 0 saturated heterocycles. The molecule has 0 aromatic heterocycles. The fourth-order valence-corrected chi connectivity index (χ4v) is 11.2. The first-order chi connectivity index (χ1) is 11.0. The Morgan fingerprint density at radius 1 is 0.760 bits per heavy atom. The van der Waals surface area contributed by atoms with Gasteiger partial charge in [-0.15, -0.1) is 0 Å². The molecular formula is C23H40Si2. The van der Waals surface area contributed by atoms with Crippen molar-refractivity contribution < 1.29 is 0 Å². The van der Waals surface area contributed by atoms with E-state index in [1.165, 1.54) is 5.57 Å². The molecule has 25 heavy (non-hydrogen) atoms. The highest BCUT2D eigenvalue weighted by Crippen LogP contribution is 2.51. The predicted molar refractivity (Wildman–Crippen MR) is 121 cm³/mol. The summed E-state index contributed by atoms with van der Waals surface area (Å²) >= 11 is 0. The SMILES string of the molecule is CC(C)(C)C1=CC([Si](C)(C)C2C=C(C(C)(C)C)C=C2[Si](C)(C)C)C=C1. The van der Waals surface area contributed by atoms with E-state index in [0.717, 1.165) is 0 Å². The van der Waals surface area contributed by atoms with Crippen LogP contribution in [0.4, 0.5) is 0 Å². The molecule has 0 aromatic carbocycles. The first kappa shape index (κ1) is 20.7. The zero-order chi connectivity index (χ0) is 19.4. The van der Waals surface area contributed by atoms with Crippen LogP contribution < -0.4 is 0 Å². The van der Waals surface area contributed by atoms with Gasteiger partial charge in [0.25, 0.3) is 0 Å². The lowest BCUT2D eigenvalue weighted by Crippen LogP contribution is -2.41. The second kappa shape index (κ2) is 6.23. The highest BCUT2D eigenvalue weighted by atomic mass is 28.3. The second-order valence-corrected chi connectivity index (χ2v) is 21.8. The van der Waals surface area contributed by atoms with Gasteiger partial charge in [-0.05, 0) is 33.1 Å². The molecule has 0 aromatic rings. The Morgan fingerprint density at radius 2 is 1.28 bits per heavy atom. The lowest BCUT2D eigenvalue weighted by molar-refractivity contribution is 0.517. The van der Waals surface area contributed by atoms with Gasteiger partial charge in [0.15, 0.2) is 0 Å². The molecule has 2 heteroatoms. The van der Waals surface area contributed by atoms with Gasteiger partial charge in [-0.3, -0.25) is 0 Å². The smallest absolute Gasteiger partial charge is 0.0728 e. The Balaban J connectivity index is 2.44. The molecule has 0 heterocycles. The molecule has 0 radical (unpaired) electrons. The number of rotatable bonds is 3. The van der Waals surface area contributed by atoms with Gasteiger partial charge in [0.05, 0.1) is 16.1 Å². The van der Waals surface area contributed by atoms with Crippen molar-refractivity contribution in [2.75, 3.05) is 0 Å². The highest BCUT2D eigenvalue weighted by Gasteiger charge is 2.45. The average molecular weight is 373 g/mol. The van der Waals surface area contributed by atoms with E-state index in [-0.39, 0.29) is 10.8 Å². The predicted octanol–water partition coefficient (Wildman–Crippen LogP) is 7.77. The van der Waals surface area contributed by atoms with Gasteiger partial charge in [0.2, 0.25) is 0 Å². The van der Waals surface area contributed by atoms with Crippen LogP contribution in [0.5, 0.6) is 0 Å². The van der Waals surface area contributed by atoms with Crippen LogP contribution in [0.15, 0.2) is 46.7 Å². The summed E-state index contributed by atoms with van der Waals surface area (Å²) in [6, 6.07) is 0. The first-order valence-corrected chi connectivity index (χ1v) is 16.5. The summed E-state index contributed by atoms with van der Waals surface area (Å²) in [7, 11) is -2.85. The molecule has 0 amide bonds. The van der Waals surface area contributed by atoms with E-state index in [2.05, 4.69) is 105 Å².